The lowest BCUT2D eigenvalue weighted by Gasteiger charge is -2.18. The average molecular weight is 301 g/mol. The highest BCUT2D eigenvalue weighted by molar-refractivity contribution is 5.78. The molecule has 116 valence electrons. The minimum absolute atomic E-state index is 0.145. The smallest absolute Gasteiger partial charge is 0.387 e. The second-order valence-electron chi connectivity index (χ2n) is 3.94. The van der Waals surface area contributed by atoms with E-state index in [9.17, 15) is 13.6 Å². The van der Waals surface area contributed by atoms with Crippen molar-refractivity contribution in [1.82, 2.24) is 5.32 Å². The molecule has 0 radical (unpaired) electrons. The Morgan fingerprint density at radius 1 is 1.38 bits per heavy atom. The first-order valence-corrected chi connectivity index (χ1v) is 6.08. The van der Waals surface area contributed by atoms with E-state index in [1.165, 1.54) is 26.4 Å². The fraction of sp³-hybridized carbons (Fsp3) is 0.357. The van der Waals surface area contributed by atoms with Gasteiger partial charge in [-0.1, -0.05) is 12.1 Å². The van der Waals surface area contributed by atoms with Crippen molar-refractivity contribution >= 4 is 5.97 Å². The highest BCUT2D eigenvalue weighted by Crippen LogP contribution is 2.31. The van der Waals surface area contributed by atoms with Gasteiger partial charge in [0.1, 0.15) is 6.04 Å². The zero-order chi connectivity index (χ0) is 15.8. The summed E-state index contributed by atoms with van der Waals surface area (Å²) in [5.74, 6) is -0.560. The molecule has 0 aliphatic carbocycles. The van der Waals surface area contributed by atoms with Crippen LogP contribution in [-0.2, 0) is 9.53 Å². The van der Waals surface area contributed by atoms with Crippen LogP contribution in [0.25, 0.3) is 0 Å². The molecule has 0 heterocycles. The zero-order valence-corrected chi connectivity index (χ0v) is 11.8. The summed E-state index contributed by atoms with van der Waals surface area (Å²) < 4.78 is 38.8. The lowest BCUT2D eigenvalue weighted by Crippen LogP contribution is -2.29. The lowest BCUT2D eigenvalue weighted by atomic mass is 10.1. The number of nitrogens with one attached hydrogen (secondary N) is 1. The van der Waals surface area contributed by atoms with Gasteiger partial charge in [0.2, 0.25) is 0 Å². The first-order valence-electron chi connectivity index (χ1n) is 6.08. The minimum Gasteiger partial charge on any atom is -0.493 e. The molecule has 0 saturated heterocycles. The van der Waals surface area contributed by atoms with Crippen molar-refractivity contribution in [3.05, 3.63) is 36.4 Å². The molecule has 0 aliphatic rings. The summed E-state index contributed by atoms with van der Waals surface area (Å²) in [6, 6.07) is 3.50. The standard InChI is InChI=1S/C14H17F2NO4/c1-4-7-17-12(13(18)20-3)9-5-6-10(19-2)11(8-9)21-14(15)16/h4-6,8,12,14,17H,1,7H2,2-3H3. The van der Waals surface area contributed by atoms with Crippen molar-refractivity contribution in [1.29, 1.82) is 0 Å². The zero-order valence-electron chi connectivity index (χ0n) is 11.8. The SMILES string of the molecule is C=CCNC(C(=O)OC)c1ccc(OC)c(OC(F)F)c1. The predicted molar refractivity (Wildman–Crippen MR) is 72.6 cm³/mol. The molecule has 5 nitrogen and oxygen atoms in total. The molecule has 0 bridgehead atoms. The van der Waals surface area contributed by atoms with Crippen LogP contribution in [0.15, 0.2) is 30.9 Å². The summed E-state index contributed by atoms with van der Waals surface area (Å²) in [6.07, 6.45) is 1.57. The number of hydrogen-bond acceptors (Lipinski definition) is 5. The van der Waals surface area contributed by atoms with Crippen LogP contribution in [0.4, 0.5) is 8.78 Å². The number of rotatable bonds is 8. The highest BCUT2D eigenvalue weighted by atomic mass is 19.3. The maximum absolute atomic E-state index is 12.4. The number of ether oxygens (including phenoxy) is 3. The topological polar surface area (TPSA) is 56.8 Å². The van der Waals surface area contributed by atoms with Gasteiger partial charge in [0.15, 0.2) is 11.5 Å². The molecular formula is C14H17F2NO4. The molecule has 1 N–H and O–H groups in total. The average Bonchev–Trinajstić information content (AvgIpc) is 2.47. The van der Waals surface area contributed by atoms with Gasteiger partial charge in [0, 0.05) is 6.54 Å². The summed E-state index contributed by atoms with van der Waals surface area (Å²) in [5, 5.41) is 2.88. The molecule has 1 aromatic rings. The van der Waals surface area contributed by atoms with E-state index in [0.717, 1.165) is 0 Å². The predicted octanol–water partition coefficient (Wildman–Crippen LogP) is 2.29. The molecule has 0 saturated carbocycles. The molecule has 1 rings (SSSR count). The number of alkyl halides is 2. The second-order valence-corrected chi connectivity index (χ2v) is 3.94. The van der Waals surface area contributed by atoms with Crippen molar-refractivity contribution in [2.45, 2.75) is 12.7 Å². The van der Waals surface area contributed by atoms with Gasteiger partial charge in [-0.3, -0.25) is 5.32 Å². The Labute approximate surface area is 121 Å². The van der Waals surface area contributed by atoms with Crippen LogP contribution >= 0.6 is 0 Å². The number of benzene rings is 1. The molecule has 7 heteroatoms. The number of halogens is 2. The van der Waals surface area contributed by atoms with Crippen LogP contribution in [0.5, 0.6) is 11.5 Å². The van der Waals surface area contributed by atoms with Gasteiger partial charge in [0.05, 0.1) is 14.2 Å². The molecule has 1 unspecified atom stereocenters. The van der Waals surface area contributed by atoms with Crippen LogP contribution < -0.4 is 14.8 Å². The van der Waals surface area contributed by atoms with Crippen molar-refractivity contribution in [3.8, 4) is 11.5 Å². The Morgan fingerprint density at radius 2 is 2.10 bits per heavy atom. The van der Waals surface area contributed by atoms with Gasteiger partial charge in [-0.25, -0.2) is 4.79 Å². The summed E-state index contributed by atoms with van der Waals surface area (Å²) >= 11 is 0. The molecule has 0 aliphatic heterocycles. The van der Waals surface area contributed by atoms with Crippen LogP contribution in [0.2, 0.25) is 0 Å². The van der Waals surface area contributed by atoms with E-state index in [1.807, 2.05) is 0 Å². The Morgan fingerprint density at radius 3 is 2.62 bits per heavy atom. The lowest BCUT2D eigenvalue weighted by molar-refractivity contribution is -0.143. The van der Waals surface area contributed by atoms with Gasteiger partial charge in [-0.15, -0.1) is 6.58 Å². The van der Waals surface area contributed by atoms with E-state index >= 15 is 0 Å². The normalized spacial score (nSPS) is 11.9. The molecule has 0 spiro atoms. The third-order valence-corrected chi connectivity index (χ3v) is 2.64. The Hall–Kier alpha value is -2.15. The molecule has 0 amide bonds. The van der Waals surface area contributed by atoms with Gasteiger partial charge in [-0.2, -0.15) is 8.78 Å². The molecule has 1 aromatic carbocycles. The first-order chi connectivity index (χ1) is 10.0. The van der Waals surface area contributed by atoms with Crippen molar-refractivity contribution in [2.75, 3.05) is 20.8 Å². The first kappa shape index (κ1) is 16.9. The fourth-order valence-electron chi connectivity index (χ4n) is 1.72. The van der Waals surface area contributed by atoms with E-state index < -0.39 is 18.6 Å². The molecule has 1 atom stereocenters. The van der Waals surface area contributed by atoms with E-state index in [4.69, 9.17) is 4.74 Å². The quantitative estimate of drug-likeness (QED) is 0.590. The summed E-state index contributed by atoms with van der Waals surface area (Å²) in [5.41, 5.74) is 0.417. The van der Waals surface area contributed by atoms with E-state index in [-0.39, 0.29) is 11.5 Å². The monoisotopic (exact) mass is 301 g/mol. The number of esters is 1. The van der Waals surface area contributed by atoms with E-state index in [1.54, 1.807) is 12.1 Å². The van der Waals surface area contributed by atoms with Crippen molar-refractivity contribution < 1.29 is 27.8 Å². The highest BCUT2D eigenvalue weighted by Gasteiger charge is 2.22. The van der Waals surface area contributed by atoms with Crippen LogP contribution in [0.1, 0.15) is 11.6 Å². The summed E-state index contributed by atoms with van der Waals surface area (Å²) in [7, 11) is 2.58. The van der Waals surface area contributed by atoms with E-state index in [0.29, 0.717) is 12.1 Å². The third-order valence-electron chi connectivity index (χ3n) is 2.64. The summed E-state index contributed by atoms with van der Waals surface area (Å²) in [4.78, 5) is 11.8. The Bertz CT molecular complexity index is 494. The van der Waals surface area contributed by atoms with Gasteiger partial charge < -0.3 is 14.2 Å². The summed E-state index contributed by atoms with van der Waals surface area (Å²) in [6.45, 7) is 0.888. The van der Waals surface area contributed by atoms with Crippen LogP contribution in [0.3, 0.4) is 0 Å². The number of hydrogen-bond donors (Lipinski definition) is 1. The van der Waals surface area contributed by atoms with Gasteiger partial charge >= 0.3 is 12.6 Å². The maximum Gasteiger partial charge on any atom is 0.387 e. The minimum atomic E-state index is -2.99. The largest absolute Gasteiger partial charge is 0.493 e. The molecule has 0 fully saturated rings. The second kappa shape index (κ2) is 8.21. The fourth-order valence-corrected chi connectivity index (χ4v) is 1.72. The molecular weight excluding hydrogens is 284 g/mol. The third kappa shape index (κ3) is 4.71. The van der Waals surface area contributed by atoms with Crippen molar-refractivity contribution in [3.63, 3.8) is 0 Å². The van der Waals surface area contributed by atoms with Gasteiger partial charge in [-0.05, 0) is 17.7 Å². The molecule has 0 aromatic heterocycles. The van der Waals surface area contributed by atoms with Gasteiger partial charge in [0.25, 0.3) is 0 Å². The number of carbonyl (C=O) groups excluding carboxylic acids is 1. The van der Waals surface area contributed by atoms with Crippen LogP contribution in [-0.4, -0.2) is 33.3 Å². The van der Waals surface area contributed by atoms with Crippen LogP contribution in [0, 0.1) is 0 Å². The molecule has 21 heavy (non-hydrogen) atoms. The van der Waals surface area contributed by atoms with E-state index in [2.05, 4.69) is 21.4 Å². The maximum atomic E-state index is 12.4. The number of methoxy groups -OCH3 is 2. The van der Waals surface area contributed by atoms with Crippen molar-refractivity contribution in [2.24, 2.45) is 0 Å². The number of carbonyl (C=O) groups is 1. The Kier molecular flexibility index (Phi) is 6.61. The Balaban J connectivity index is 3.12.